The Labute approximate surface area is 84.9 Å². The molecule has 3 heteroatoms. The van der Waals surface area contributed by atoms with E-state index in [1.807, 2.05) is 6.92 Å². The lowest BCUT2D eigenvalue weighted by Gasteiger charge is -2.12. The zero-order valence-electron chi connectivity index (χ0n) is 8.80. The van der Waals surface area contributed by atoms with Gasteiger partial charge >= 0.3 is 0 Å². The van der Waals surface area contributed by atoms with Gasteiger partial charge in [-0.2, -0.15) is 0 Å². The van der Waals surface area contributed by atoms with Crippen molar-refractivity contribution in [2.75, 3.05) is 18.4 Å². The SMILES string of the molecule is Cc1ccc(NC2CCNC2)nc1C. The summed E-state index contributed by atoms with van der Waals surface area (Å²) in [6.45, 7) is 6.30. The van der Waals surface area contributed by atoms with Crippen LogP contribution in [0.15, 0.2) is 12.1 Å². The molecule has 0 aromatic carbocycles. The van der Waals surface area contributed by atoms with Crippen LogP contribution in [0.25, 0.3) is 0 Å². The molecule has 2 heterocycles. The smallest absolute Gasteiger partial charge is 0.126 e. The fourth-order valence-corrected chi connectivity index (χ4v) is 1.70. The van der Waals surface area contributed by atoms with E-state index < -0.39 is 0 Å². The number of nitrogens with one attached hydrogen (secondary N) is 2. The van der Waals surface area contributed by atoms with Crippen LogP contribution in [0.3, 0.4) is 0 Å². The van der Waals surface area contributed by atoms with Gasteiger partial charge in [0.15, 0.2) is 0 Å². The summed E-state index contributed by atoms with van der Waals surface area (Å²) in [6, 6.07) is 4.72. The van der Waals surface area contributed by atoms with Gasteiger partial charge in [0, 0.05) is 18.3 Å². The quantitative estimate of drug-likeness (QED) is 0.743. The van der Waals surface area contributed by atoms with Crippen molar-refractivity contribution in [3.05, 3.63) is 23.4 Å². The zero-order chi connectivity index (χ0) is 9.97. The van der Waals surface area contributed by atoms with Gasteiger partial charge in [0.05, 0.1) is 0 Å². The first kappa shape index (κ1) is 9.46. The number of rotatable bonds is 2. The van der Waals surface area contributed by atoms with E-state index in [1.165, 1.54) is 12.0 Å². The van der Waals surface area contributed by atoms with E-state index in [9.17, 15) is 0 Å². The highest BCUT2D eigenvalue weighted by Gasteiger charge is 2.14. The molecule has 3 nitrogen and oxygen atoms in total. The van der Waals surface area contributed by atoms with E-state index in [4.69, 9.17) is 0 Å². The molecule has 1 aliphatic heterocycles. The minimum Gasteiger partial charge on any atom is -0.366 e. The zero-order valence-corrected chi connectivity index (χ0v) is 8.80. The Bertz CT molecular complexity index is 316. The molecular formula is C11H17N3. The van der Waals surface area contributed by atoms with Crippen LogP contribution >= 0.6 is 0 Å². The summed E-state index contributed by atoms with van der Waals surface area (Å²) in [4.78, 5) is 4.50. The Kier molecular flexibility index (Phi) is 2.68. The Morgan fingerprint density at radius 2 is 2.29 bits per heavy atom. The van der Waals surface area contributed by atoms with Crippen molar-refractivity contribution in [1.82, 2.24) is 10.3 Å². The van der Waals surface area contributed by atoms with Gasteiger partial charge in [-0.1, -0.05) is 6.07 Å². The Morgan fingerprint density at radius 1 is 1.43 bits per heavy atom. The molecule has 1 aromatic heterocycles. The first-order chi connectivity index (χ1) is 6.75. The molecule has 1 saturated heterocycles. The molecule has 0 saturated carbocycles. The summed E-state index contributed by atoms with van der Waals surface area (Å²) in [6.07, 6.45) is 1.19. The third kappa shape index (κ3) is 2.04. The lowest BCUT2D eigenvalue weighted by molar-refractivity contribution is 0.787. The van der Waals surface area contributed by atoms with Gasteiger partial charge < -0.3 is 10.6 Å². The first-order valence-electron chi connectivity index (χ1n) is 5.17. The normalized spacial score (nSPS) is 21.1. The number of anilines is 1. The standard InChI is InChI=1S/C11H17N3/c1-8-3-4-11(13-9(8)2)14-10-5-6-12-7-10/h3-4,10,12H,5-7H2,1-2H3,(H,13,14). The average Bonchev–Trinajstić information content (AvgIpc) is 2.64. The summed E-state index contributed by atoms with van der Waals surface area (Å²) >= 11 is 0. The highest BCUT2D eigenvalue weighted by molar-refractivity contribution is 5.39. The molecular weight excluding hydrogens is 174 g/mol. The maximum absolute atomic E-state index is 4.50. The number of nitrogens with zero attached hydrogens (tertiary/aromatic N) is 1. The minimum atomic E-state index is 0.546. The molecule has 1 aromatic rings. The van der Waals surface area contributed by atoms with E-state index in [1.54, 1.807) is 0 Å². The van der Waals surface area contributed by atoms with Crippen LogP contribution in [0, 0.1) is 13.8 Å². The van der Waals surface area contributed by atoms with Gasteiger partial charge in [0.1, 0.15) is 5.82 Å². The summed E-state index contributed by atoms with van der Waals surface area (Å²) in [5, 5.41) is 6.76. The molecule has 0 radical (unpaired) electrons. The van der Waals surface area contributed by atoms with Gasteiger partial charge in [-0.15, -0.1) is 0 Å². The summed E-state index contributed by atoms with van der Waals surface area (Å²) in [5.41, 5.74) is 2.36. The lowest BCUT2D eigenvalue weighted by Crippen LogP contribution is -2.22. The van der Waals surface area contributed by atoms with E-state index in [2.05, 4.69) is 34.7 Å². The van der Waals surface area contributed by atoms with Crippen molar-refractivity contribution in [3.63, 3.8) is 0 Å². The molecule has 0 aliphatic carbocycles. The summed E-state index contributed by atoms with van der Waals surface area (Å²) in [7, 11) is 0. The van der Waals surface area contributed by atoms with E-state index in [-0.39, 0.29) is 0 Å². The number of pyridine rings is 1. The number of aromatic nitrogens is 1. The van der Waals surface area contributed by atoms with E-state index in [0.717, 1.165) is 24.6 Å². The van der Waals surface area contributed by atoms with Crippen LogP contribution in [0.1, 0.15) is 17.7 Å². The molecule has 2 N–H and O–H groups in total. The molecule has 2 rings (SSSR count). The molecule has 1 atom stereocenters. The monoisotopic (exact) mass is 191 g/mol. The average molecular weight is 191 g/mol. The number of hydrogen-bond donors (Lipinski definition) is 2. The van der Waals surface area contributed by atoms with Gasteiger partial charge in [-0.05, 0) is 38.4 Å². The molecule has 76 valence electrons. The lowest BCUT2D eigenvalue weighted by atomic mass is 10.2. The van der Waals surface area contributed by atoms with Crippen LogP contribution in [0.5, 0.6) is 0 Å². The largest absolute Gasteiger partial charge is 0.366 e. The summed E-state index contributed by atoms with van der Waals surface area (Å²) in [5.74, 6) is 1.00. The molecule has 1 unspecified atom stereocenters. The van der Waals surface area contributed by atoms with Crippen LogP contribution < -0.4 is 10.6 Å². The molecule has 1 aliphatic rings. The second kappa shape index (κ2) is 3.96. The van der Waals surface area contributed by atoms with Gasteiger partial charge in [0.25, 0.3) is 0 Å². The Balaban J connectivity index is 2.05. The van der Waals surface area contributed by atoms with Crippen molar-refractivity contribution in [2.45, 2.75) is 26.3 Å². The Morgan fingerprint density at radius 3 is 2.93 bits per heavy atom. The molecule has 0 bridgehead atoms. The summed E-state index contributed by atoms with van der Waals surface area (Å²) < 4.78 is 0. The second-order valence-corrected chi connectivity index (χ2v) is 3.93. The number of hydrogen-bond acceptors (Lipinski definition) is 3. The van der Waals surface area contributed by atoms with Crippen molar-refractivity contribution in [1.29, 1.82) is 0 Å². The molecule has 0 spiro atoms. The van der Waals surface area contributed by atoms with Crippen molar-refractivity contribution in [3.8, 4) is 0 Å². The van der Waals surface area contributed by atoms with Crippen molar-refractivity contribution < 1.29 is 0 Å². The topological polar surface area (TPSA) is 37.0 Å². The number of aryl methyl sites for hydroxylation is 2. The van der Waals surface area contributed by atoms with Gasteiger partial charge in [-0.25, -0.2) is 4.98 Å². The van der Waals surface area contributed by atoms with Gasteiger partial charge in [-0.3, -0.25) is 0 Å². The fourth-order valence-electron chi connectivity index (χ4n) is 1.70. The van der Waals surface area contributed by atoms with Crippen LogP contribution in [0.4, 0.5) is 5.82 Å². The van der Waals surface area contributed by atoms with Crippen LogP contribution in [0.2, 0.25) is 0 Å². The molecule has 0 amide bonds. The van der Waals surface area contributed by atoms with Crippen molar-refractivity contribution in [2.24, 2.45) is 0 Å². The van der Waals surface area contributed by atoms with E-state index >= 15 is 0 Å². The Hall–Kier alpha value is -1.09. The third-order valence-corrected chi connectivity index (χ3v) is 2.76. The first-order valence-corrected chi connectivity index (χ1v) is 5.17. The minimum absolute atomic E-state index is 0.546. The maximum Gasteiger partial charge on any atom is 0.126 e. The highest BCUT2D eigenvalue weighted by atomic mass is 15.1. The fraction of sp³-hybridized carbons (Fsp3) is 0.545. The predicted molar refractivity (Wildman–Crippen MR) is 58.6 cm³/mol. The second-order valence-electron chi connectivity index (χ2n) is 3.93. The van der Waals surface area contributed by atoms with E-state index in [0.29, 0.717) is 6.04 Å². The predicted octanol–water partition coefficient (Wildman–Crippen LogP) is 1.47. The molecule has 1 fully saturated rings. The maximum atomic E-state index is 4.50. The van der Waals surface area contributed by atoms with Gasteiger partial charge in [0.2, 0.25) is 0 Å². The molecule has 14 heavy (non-hydrogen) atoms. The highest BCUT2D eigenvalue weighted by Crippen LogP contribution is 2.12. The van der Waals surface area contributed by atoms with Crippen LogP contribution in [-0.4, -0.2) is 24.1 Å². The third-order valence-electron chi connectivity index (χ3n) is 2.76. The van der Waals surface area contributed by atoms with Crippen LogP contribution in [-0.2, 0) is 0 Å². The van der Waals surface area contributed by atoms with Crippen molar-refractivity contribution >= 4 is 5.82 Å².